The number of aromatic nitrogens is 1. The van der Waals surface area contributed by atoms with E-state index in [0.29, 0.717) is 11.7 Å². The van der Waals surface area contributed by atoms with Crippen molar-refractivity contribution >= 4 is 16.7 Å². The largest absolute Gasteiger partial charge is 0.344 e. The number of fused-ring (bicyclic) bond motifs is 3. The Bertz CT molecular complexity index is 755. The monoisotopic (exact) mass is 324 g/mol. The lowest BCUT2D eigenvalue weighted by Gasteiger charge is -2.33. The summed E-state index contributed by atoms with van der Waals surface area (Å²) in [4.78, 5) is 16.0. The summed E-state index contributed by atoms with van der Waals surface area (Å²) in [7, 11) is 0. The van der Waals surface area contributed by atoms with Gasteiger partial charge in [0.15, 0.2) is 5.78 Å². The first-order valence-corrected chi connectivity index (χ1v) is 9.61. The van der Waals surface area contributed by atoms with Crippen molar-refractivity contribution < 1.29 is 4.79 Å². The predicted octanol–water partition coefficient (Wildman–Crippen LogP) is 4.14. The van der Waals surface area contributed by atoms with Crippen LogP contribution in [0.25, 0.3) is 10.9 Å². The maximum absolute atomic E-state index is 13.5. The van der Waals surface area contributed by atoms with E-state index in [4.69, 9.17) is 0 Å². The minimum absolute atomic E-state index is 0.178. The van der Waals surface area contributed by atoms with Crippen LogP contribution in [-0.2, 0) is 13.0 Å². The second-order valence-corrected chi connectivity index (χ2v) is 7.43. The summed E-state index contributed by atoms with van der Waals surface area (Å²) in [6.07, 6.45) is 4.73. The van der Waals surface area contributed by atoms with Gasteiger partial charge >= 0.3 is 0 Å². The minimum Gasteiger partial charge on any atom is -0.344 e. The van der Waals surface area contributed by atoms with E-state index in [0.717, 1.165) is 31.5 Å². The van der Waals surface area contributed by atoms with Gasteiger partial charge in [0.05, 0.1) is 0 Å². The molecule has 2 atom stereocenters. The van der Waals surface area contributed by atoms with Crippen LogP contribution in [0, 0.1) is 11.8 Å². The molecule has 1 aliphatic heterocycles. The standard InChI is InChI=1S/C21H28N2O/c1-3-15-13-19-20(16-9-5-6-10-18(16)23(19)4-2)21(24)17(15)14-22-11-7-8-12-22/h5-6,9-10,15,17H,3-4,7-8,11-14H2,1-2H3. The van der Waals surface area contributed by atoms with Crippen LogP contribution in [0.5, 0.6) is 0 Å². The highest BCUT2D eigenvalue weighted by Gasteiger charge is 2.39. The van der Waals surface area contributed by atoms with Gasteiger partial charge in [0, 0.05) is 41.2 Å². The zero-order chi connectivity index (χ0) is 16.7. The van der Waals surface area contributed by atoms with Crippen molar-refractivity contribution in [1.82, 2.24) is 9.47 Å². The third-order valence-electron chi connectivity index (χ3n) is 6.18. The Labute approximate surface area is 144 Å². The van der Waals surface area contributed by atoms with Gasteiger partial charge < -0.3 is 9.47 Å². The molecule has 0 amide bonds. The molecule has 2 heterocycles. The summed E-state index contributed by atoms with van der Waals surface area (Å²) in [5, 5.41) is 1.17. The number of carbonyl (C=O) groups is 1. The second kappa shape index (κ2) is 6.36. The summed E-state index contributed by atoms with van der Waals surface area (Å²) in [6, 6.07) is 8.46. The highest BCUT2D eigenvalue weighted by molar-refractivity contribution is 6.11. The average molecular weight is 324 g/mol. The molecule has 1 aromatic heterocycles. The zero-order valence-corrected chi connectivity index (χ0v) is 14.9. The molecule has 1 saturated heterocycles. The number of likely N-dealkylation sites (tertiary alicyclic amines) is 1. The van der Waals surface area contributed by atoms with Gasteiger partial charge in [-0.1, -0.05) is 31.5 Å². The highest BCUT2D eigenvalue weighted by atomic mass is 16.1. The number of Topliss-reactive ketones (excluding diaryl/α,β-unsaturated/α-hetero) is 1. The van der Waals surface area contributed by atoms with E-state index in [1.54, 1.807) is 0 Å². The van der Waals surface area contributed by atoms with Gasteiger partial charge in [0.1, 0.15) is 0 Å². The van der Waals surface area contributed by atoms with Crippen molar-refractivity contribution in [3.63, 3.8) is 0 Å². The fourth-order valence-electron chi connectivity index (χ4n) is 4.90. The molecule has 2 unspecified atom stereocenters. The molecule has 4 rings (SSSR count). The van der Waals surface area contributed by atoms with Crippen LogP contribution in [-0.4, -0.2) is 34.9 Å². The van der Waals surface area contributed by atoms with E-state index in [2.05, 4.69) is 47.6 Å². The summed E-state index contributed by atoms with van der Waals surface area (Å²) >= 11 is 0. The number of ketones is 1. The molecule has 24 heavy (non-hydrogen) atoms. The van der Waals surface area contributed by atoms with Crippen molar-refractivity contribution in [2.45, 2.75) is 46.1 Å². The van der Waals surface area contributed by atoms with Crippen LogP contribution in [0.1, 0.15) is 49.2 Å². The topological polar surface area (TPSA) is 25.2 Å². The third kappa shape index (κ3) is 2.41. The van der Waals surface area contributed by atoms with E-state index >= 15 is 0 Å². The molecule has 0 saturated carbocycles. The average Bonchev–Trinajstić information content (AvgIpc) is 3.22. The lowest BCUT2D eigenvalue weighted by Crippen LogP contribution is -2.40. The van der Waals surface area contributed by atoms with Crippen molar-refractivity contribution in [1.29, 1.82) is 0 Å². The molecule has 2 aliphatic rings. The molecule has 1 aliphatic carbocycles. The molecule has 0 spiro atoms. The van der Waals surface area contributed by atoms with Crippen LogP contribution in [0.4, 0.5) is 0 Å². The summed E-state index contributed by atoms with van der Waals surface area (Å²) in [5.74, 6) is 1.07. The first-order valence-electron chi connectivity index (χ1n) is 9.61. The molecule has 0 radical (unpaired) electrons. The van der Waals surface area contributed by atoms with E-state index in [1.165, 1.54) is 42.5 Å². The molecule has 1 aromatic carbocycles. The molecule has 0 bridgehead atoms. The summed E-state index contributed by atoms with van der Waals surface area (Å²) < 4.78 is 2.37. The number of hydrogen-bond acceptors (Lipinski definition) is 2. The number of nitrogens with zero attached hydrogens (tertiary/aromatic N) is 2. The van der Waals surface area contributed by atoms with Crippen molar-refractivity contribution in [3.05, 3.63) is 35.5 Å². The van der Waals surface area contributed by atoms with Crippen molar-refractivity contribution in [3.8, 4) is 0 Å². The molecule has 3 nitrogen and oxygen atoms in total. The number of para-hydroxylation sites is 1. The predicted molar refractivity (Wildman–Crippen MR) is 98.6 cm³/mol. The number of benzene rings is 1. The maximum Gasteiger partial charge on any atom is 0.169 e. The SMILES string of the molecule is CCC1Cc2c(c3ccccc3n2CC)C(=O)C1CN1CCCC1. The van der Waals surface area contributed by atoms with E-state index < -0.39 is 0 Å². The van der Waals surface area contributed by atoms with Gasteiger partial charge in [-0.15, -0.1) is 0 Å². The van der Waals surface area contributed by atoms with Gasteiger partial charge in [-0.3, -0.25) is 4.79 Å². The number of carbonyl (C=O) groups excluding carboxylic acids is 1. The van der Waals surface area contributed by atoms with Crippen LogP contribution >= 0.6 is 0 Å². The Morgan fingerprint density at radius 3 is 2.58 bits per heavy atom. The summed E-state index contributed by atoms with van der Waals surface area (Å²) in [6.45, 7) is 8.68. The fourth-order valence-corrected chi connectivity index (χ4v) is 4.90. The molecular formula is C21H28N2O. The van der Waals surface area contributed by atoms with Gasteiger partial charge in [0.25, 0.3) is 0 Å². The Kier molecular flexibility index (Phi) is 4.21. The van der Waals surface area contributed by atoms with E-state index in [-0.39, 0.29) is 5.92 Å². The summed E-state index contributed by atoms with van der Waals surface area (Å²) in [5.41, 5.74) is 3.55. The minimum atomic E-state index is 0.178. The number of aryl methyl sites for hydroxylation is 1. The molecule has 2 aromatic rings. The van der Waals surface area contributed by atoms with Crippen molar-refractivity contribution in [2.24, 2.45) is 11.8 Å². The Morgan fingerprint density at radius 2 is 1.88 bits per heavy atom. The van der Waals surface area contributed by atoms with Crippen LogP contribution in [0.2, 0.25) is 0 Å². The lowest BCUT2D eigenvalue weighted by atomic mass is 9.75. The second-order valence-electron chi connectivity index (χ2n) is 7.43. The Morgan fingerprint density at radius 1 is 1.12 bits per heavy atom. The molecule has 3 heteroatoms. The molecule has 128 valence electrons. The van der Waals surface area contributed by atoms with Crippen LogP contribution in [0.15, 0.2) is 24.3 Å². The first kappa shape index (κ1) is 15.9. The van der Waals surface area contributed by atoms with Crippen molar-refractivity contribution in [2.75, 3.05) is 19.6 Å². The Balaban J connectivity index is 1.79. The third-order valence-corrected chi connectivity index (χ3v) is 6.18. The fraction of sp³-hybridized carbons (Fsp3) is 0.571. The number of hydrogen-bond donors (Lipinski definition) is 0. The molecular weight excluding hydrogens is 296 g/mol. The van der Waals surface area contributed by atoms with E-state index in [9.17, 15) is 4.79 Å². The normalized spacial score (nSPS) is 24.7. The van der Waals surface area contributed by atoms with Gasteiger partial charge in [-0.25, -0.2) is 0 Å². The lowest BCUT2D eigenvalue weighted by molar-refractivity contribution is 0.0799. The maximum atomic E-state index is 13.5. The first-order chi connectivity index (χ1) is 11.7. The molecule has 1 fully saturated rings. The van der Waals surface area contributed by atoms with Crippen LogP contribution < -0.4 is 0 Å². The van der Waals surface area contributed by atoms with Gasteiger partial charge in [-0.2, -0.15) is 0 Å². The van der Waals surface area contributed by atoms with Gasteiger partial charge in [0.2, 0.25) is 0 Å². The highest BCUT2D eigenvalue weighted by Crippen LogP contribution is 2.38. The Hall–Kier alpha value is -1.61. The van der Waals surface area contributed by atoms with Crippen LogP contribution in [0.3, 0.4) is 0 Å². The number of rotatable bonds is 4. The quantitative estimate of drug-likeness (QED) is 0.844. The smallest absolute Gasteiger partial charge is 0.169 e. The van der Waals surface area contributed by atoms with Gasteiger partial charge in [-0.05, 0) is 51.3 Å². The zero-order valence-electron chi connectivity index (χ0n) is 14.9. The van der Waals surface area contributed by atoms with E-state index in [1.807, 2.05) is 0 Å². The molecule has 0 N–H and O–H groups in total.